The Bertz CT molecular complexity index is 579. The van der Waals surface area contributed by atoms with Crippen LogP contribution in [0, 0.1) is 12.3 Å². The highest BCUT2D eigenvalue weighted by molar-refractivity contribution is 7.89. The summed E-state index contributed by atoms with van der Waals surface area (Å²) in [6, 6.07) is 5.33. The van der Waals surface area contributed by atoms with Gasteiger partial charge in [-0.3, -0.25) is 0 Å². The van der Waals surface area contributed by atoms with Gasteiger partial charge in [-0.1, -0.05) is 26.0 Å². The summed E-state index contributed by atoms with van der Waals surface area (Å²) in [5.74, 6) is 0. The number of benzene rings is 1. The Kier molecular flexibility index (Phi) is 3.73. The lowest BCUT2D eigenvalue weighted by atomic mass is 9.93. The first-order valence-corrected chi connectivity index (χ1v) is 8.00. The molecule has 1 aromatic carbocycles. The standard InChI is InChI=1S/C14H22N2O2S/c1-11-8-12(9-15)4-5-13(11)19(17,18)16-7-6-14(2,3)10-16/h4-5,8H,6-7,9-10,15H2,1-3H3. The summed E-state index contributed by atoms with van der Waals surface area (Å²) < 4.78 is 26.9. The molecule has 1 aromatic rings. The Morgan fingerprint density at radius 1 is 1.37 bits per heavy atom. The molecule has 0 spiro atoms. The maximum absolute atomic E-state index is 12.6. The van der Waals surface area contributed by atoms with Crippen LogP contribution in [0.5, 0.6) is 0 Å². The number of hydrogen-bond donors (Lipinski definition) is 1. The van der Waals surface area contributed by atoms with Gasteiger partial charge in [-0.2, -0.15) is 4.31 Å². The van der Waals surface area contributed by atoms with E-state index in [-0.39, 0.29) is 5.41 Å². The Labute approximate surface area is 115 Å². The third kappa shape index (κ3) is 2.83. The van der Waals surface area contributed by atoms with Crippen molar-refractivity contribution in [3.8, 4) is 0 Å². The third-order valence-electron chi connectivity index (χ3n) is 3.74. The minimum atomic E-state index is -3.37. The minimum Gasteiger partial charge on any atom is -0.326 e. The van der Waals surface area contributed by atoms with E-state index in [1.807, 2.05) is 13.0 Å². The topological polar surface area (TPSA) is 63.4 Å². The van der Waals surface area contributed by atoms with E-state index < -0.39 is 10.0 Å². The molecule has 106 valence electrons. The molecule has 1 aliphatic heterocycles. The average molecular weight is 282 g/mol. The Hall–Kier alpha value is -0.910. The molecule has 19 heavy (non-hydrogen) atoms. The Morgan fingerprint density at radius 3 is 2.53 bits per heavy atom. The van der Waals surface area contributed by atoms with Crippen molar-refractivity contribution < 1.29 is 8.42 Å². The van der Waals surface area contributed by atoms with Crippen molar-refractivity contribution in [2.45, 2.75) is 38.6 Å². The second-order valence-electron chi connectivity index (χ2n) is 6.06. The maximum Gasteiger partial charge on any atom is 0.243 e. The molecule has 0 saturated carbocycles. The second kappa shape index (κ2) is 4.89. The summed E-state index contributed by atoms with van der Waals surface area (Å²) in [5.41, 5.74) is 7.37. The number of nitrogens with two attached hydrogens (primary N) is 1. The molecule has 0 aliphatic carbocycles. The molecule has 1 aliphatic rings. The van der Waals surface area contributed by atoms with Crippen LogP contribution in [0.25, 0.3) is 0 Å². The maximum atomic E-state index is 12.6. The molecule has 0 atom stereocenters. The predicted octanol–water partition coefficient (Wildman–Crippen LogP) is 1.87. The number of rotatable bonds is 3. The normalized spacial score (nSPS) is 19.8. The Morgan fingerprint density at radius 2 is 2.05 bits per heavy atom. The molecule has 0 amide bonds. The van der Waals surface area contributed by atoms with Crippen LogP contribution in [0.2, 0.25) is 0 Å². The number of nitrogens with zero attached hydrogens (tertiary/aromatic N) is 1. The first-order valence-electron chi connectivity index (χ1n) is 6.56. The molecule has 0 aromatic heterocycles. The van der Waals surface area contributed by atoms with E-state index >= 15 is 0 Å². The molecular formula is C14H22N2O2S. The fourth-order valence-electron chi connectivity index (χ4n) is 2.54. The fourth-order valence-corrected chi connectivity index (χ4v) is 4.37. The zero-order valence-corrected chi connectivity index (χ0v) is 12.6. The minimum absolute atomic E-state index is 0.0676. The van der Waals surface area contributed by atoms with E-state index in [1.165, 1.54) is 0 Å². The third-order valence-corrected chi connectivity index (χ3v) is 5.74. The van der Waals surface area contributed by atoms with Crippen molar-refractivity contribution in [3.05, 3.63) is 29.3 Å². The van der Waals surface area contributed by atoms with Gasteiger partial charge in [-0.15, -0.1) is 0 Å². The van der Waals surface area contributed by atoms with Crippen LogP contribution in [0.4, 0.5) is 0 Å². The van der Waals surface area contributed by atoms with Crippen molar-refractivity contribution in [3.63, 3.8) is 0 Å². The smallest absolute Gasteiger partial charge is 0.243 e. The zero-order chi connectivity index (χ0) is 14.3. The molecule has 2 N–H and O–H groups in total. The molecule has 1 heterocycles. The predicted molar refractivity (Wildman–Crippen MR) is 76.2 cm³/mol. The van der Waals surface area contributed by atoms with Crippen LogP contribution >= 0.6 is 0 Å². The van der Waals surface area contributed by atoms with Gasteiger partial charge in [0.2, 0.25) is 10.0 Å². The molecule has 5 heteroatoms. The molecule has 0 unspecified atom stereocenters. The van der Waals surface area contributed by atoms with Crippen LogP contribution in [-0.4, -0.2) is 25.8 Å². The van der Waals surface area contributed by atoms with Gasteiger partial charge in [0.25, 0.3) is 0 Å². The van der Waals surface area contributed by atoms with Gasteiger partial charge >= 0.3 is 0 Å². The van der Waals surface area contributed by atoms with Crippen LogP contribution < -0.4 is 5.73 Å². The highest BCUT2D eigenvalue weighted by Gasteiger charge is 2.37. The summed E-state index contributed by atoms with van der Waals surface area (Å²) in [7, 11) is -3.37. The lowest BCUT2D eigenvalue weighted by molar-refractivity contribution is 0.375. The van der Waals surface area contributed by atoms with Gasteiger partial charge in [0.05, 0.1) is 4.90 Å². The Balaban J connectivity index is 2.35. The quantitative estimate of drug-likeness (QED) is 0.920. The monoisotopic (exact) mass is 282 g/mol. The highest BCUT2D eigenvalue weighted by atomic mass is 32.2. The highest BCUT2D eigenvalue weighted by Crippen LogP contribution is 2.33. The molecule has 4 nitrogen and oxygen atoms in total. The van der Waals surface area contributed by atoms with Crippen molar-refractivity contribution in [2.75, 3.05) is 13.1 Å². The van der Waals surface area contributed by atoms with Gasteiger partial charge in [-0.05, 0) is 36.0 Å². The van der Waals surface area contributed by atoms with E-state index in [0.717, 1.165) is 17.5 Å². The van der Waals surface area contributed by atoms with Crippen LogP contribution in [0.15, 0.2) is 23.1 Å². The first kappa shape index (κ1) is 14.5. The lowest BCUT2D eigenvalue weighted by Crippen LogP contribution is -2.30. The van der Waals surface area contributed by atoms with Crippen LogP contribution in [-0.2, 0) is 16.6 Å². The number of hydrogen-bond acceptors (Lipinski definition) is 3. The summed E-state index contributed by atoms with van der Waals surface area (Å²) in [6.07, 6.45) is 0.909. The number of sulfonamides is 1. The summed E-state index contributed by atoms with van der Waals surface area (Å²) >= 11 is 0. The molecule has 1 saturated heterocycles. The van der Waals surface area contributed by atoms with Gasteiger partial charge in [-0.25, -0.2) is 8.42 Å². The fraction of sp³-hybridized carbons (Fsp3) is 0.571. The van der Waals surface area contributed by atoms with Gasteiger partial charge < -0.3 is 5.73 Å². The van der Waals surface area contributed by atoms with E-state index in [9.17, 15) is 8.42 Å². The van der Waals surface area contributed by atoms with E-state index in [2.05, 4.69) is 13.8 Å². The van der Waals surface area contributed by atoms with Crippen molar-refractivity contribution in [1.29, 1.82) is 0 Å². The molecule has 1 fully saturated rings. The van der Waals surface area contributed by atoms with Gasteiger partial charge in [0, 0.05) is 19.6 Å². The van der Waals surface area contributed by atoms with Gasteiger partial charge in [0.1, 0.15) is 0 Å². The largest absolute Gasteiger partial charge is 0.326 e. The van der Waals surface area contributed by atoms with E-state index in [4.69, 9.17) is 5.73 Å². The van der Waals surface area contributed by atoms with Crippen LogP contribution in [0.3, 0.4) is 0 Å². The molecule has 2 rings (SSSR count). The SMILES string of the molecule is Cc1cc(CN)ccc1S(=O)(=O)N1CCC(C)(C)C1. The first-order chi connectivity index (χ1) is 8.76. The van der Waals surface area contributed by atoms with Gasteiger partial charge in [0.15, 0.2) is 0 Å². The zero-order valence-electron chi connectivity index (χ0n) is 11.8. The lowest BCUT2D eigenvalue weighted by Gasteiger charge is -2.20. The molecule has 0 radical (unpaired) electrons. The van der Waals surface area contributed by atoms with Crippen molar-refractivity contribution in [2.24, 2.45) is 11.1 Å². The summed E-state index contributed by atoms with van der Waals surface area (Å²) in [5, 5.41) is 0. The summed E-state index contributed by atoms with van der Waals surface area (Å²) in [6.45, 7) is 7.66. The van der Waals surface area contributed by atoms with Crippen LogP contribution in [0.1, 0.15) is 31.4 Å². The van der Waals surface area contributed by atoms with E-state index in [1.54, 1.807) is 16.4 Å². The van der Waals surface area contributed by atoms with Crippen molar-refractivity contribution in [1.82, 2.24) is 4.31 Å². The molecular weight excluding hydrogens is 260 g/mol. The summed E-state index contributed by atoms with van der Waals surface area (Å²) in [4.78, 5) is 0.405. The van der Waals surface area contributed by atoms with E-state index in [0.29, 0.717) is 24.5 Å². The second-order valence-corrected chi connectivity index (χ2v) is 7.96. The molecule has 0 bridgehead atoms. The number of aryl methyl sites for hydroxylation is 1. The average Bonchev–Trinajstić information content (AvgIpc) is 2.69. The van der Waals surface area contributed by atoms with Crippen molar-refractivity contribution >= 4 is 10.0 Å².